The first-order valence-electron chi connectivity index (χ1n) is 11.2. The summed E-state index contributed by atoms with van der Waals surface area (Å²) in [4.78, 5) is 40.1. The number of thiophene rings is 1. The van der Waals surface area contributed by atoms with Gasteiger partial charge in [0.05, 0.1) is 12.0 Å². The molecule has 7 nitrogen and oxygen atoms in total. The van der Waals surface area contributed by atoms with E-state index in [-0.39, 0.29) is 29.8 Å². The summed E-state index contributed by atoms with van der Waals surface area (Å²) in [6.45, 7) is 0.726. The number of amides is 3. The molecular weight excluding hydrogens is 426 g/mol. The topological polar surface area (TPSA) is 87.7 Å². The molecule has 0 radical (unpaired) electrons. The molecule has 170 valence electrons. The van der Waals surface area contributed by atoms with Gasteiger partial charge in [0, 0.05) is 36.3 Å². The summed E-state index contributed by atoms with van der Waals surface area (Å²) in [5.41, 5.74) is 1.39. The number of piperidine rings is 1. The maximum atomic E-state index is 12.9. The highest BCUT2D eigenvalue weighted by Gasteiger charge is 2.29. The van der Waals surface area contributed by atoms with E-state index in [1.54, 1.807) is 36.3 Å². The molecule has 2 aromatic rings. The Morgan fingerprint density at radius 2 is 1.62 bits per heavy atom. The van der Waals surface area contributed by atoms with Crippen LogP contribution >= 0.6 is 11.3 Å². The van der Waals surface area contributed by atoms with Crippen molar-refractivity contribution < 1.29 is 19.1 Å². The number of rotatable bonds is 6. The van der Waals surface area contributed by atoms with Crippen LogP contribution in [-0.4, -0.2) is 43.5 Å². The quantitative estimate of drug-likeness (QED) is 0.695. The van der Waals surface area contributed by atoms with Crippen molar-refractivity contribution in [2.45, 2.75) is 57.0 Å². The van der Waals surface area contributed by atoms with Gasteiger partial charge in [-0.25, -0.2) is 0 Å². The summed E-state index contributed by atoms with van der Waals surface area (Å²) in [6, 6.07) is 10.5. The lowest BCUT2D eigenvalue weighted by Gasteiger charge is -2.32. The van der Waals surface area contributed by atoms with Crippen molar-refractivity contribution in [2.75, 3.05) is 18.6 Å². The van der Waals surface area contributed by atoms with E-state index >= 15 is 0 Å². The summed E-state index contributed by atoms with van der Waals surface area (Å²) >= 11 is 1.31. The molecule has 2 atom stereocenters. The molecule has 3 amide bonds. The highest BCUT2D eigenvalue weighted by molar-refractivity contribution is 7.15. The lowest BCUT2D eigenvalue weighted by Crippen LogP contribution is -2.53. The molecule has 2 N–H and O–H groups in total. The van der Waals surface area contributed by atoms with Gasteiger partial charge in [0.2, 0.25) is 5.91 Å². The van der Waals surface area contributed by atoms with E-state index in [4.69, 9.17) is 4.74 Å². The first kappa shape index (κ1) is 22.3. The summed E-state index contributed by atoms with van der Waals surface area (Å²) in [7, 11) is 1.58. The van der Waals surface area contributed by atoms with Crippen molar-refractivity contribution in [3.63, 3.8) is 0 Å². The van der Waals surface area contributed by atoms with Gasteiger partial charge in [0.15, 0.2) is 5.06 Å². The smallest absolute Gasteiger partial charge is 0.261 e. The van der Waals surface area contributed by atoms with Gasteiger partial charge in [-0.1, -0.05) is 24.2 Å². The highest BCUT2D eigenvalue weighted by atomic mass is 32.1. The van der Waals surface area contributed by atoms with Crippen molar-refractivity contribution in [1.29, 1.82) is 0 Å². The fraction of sp³-hybridized carbons (Fsp3) is 0.458. The standard InChI is InChI=1S/C24H29N3O4S/c1-31-22-14-13-20(32-22)24(30)26-19-7-3-2-6-18(19)25-23(29)16-9-11-17(12-10-16)27-15-5-4-8-21(27)28/h9-14,18-19H,2-8,15H2,1H3,(H,25,29)(H,26,30). The van der Waals surface area contributed by atoms with Gasteiger partial charge in [-0.3, -0.25) is 14.4 Å². The molecule has 1 saturated heterocycles. The minimum Gasteiger partial charge on any atom is -0.487 e. The molecule has 2 heterocycles. The zero-order valence-electron chi connectivity index (χ0n) is 18.3. The average molecular weight is 456 g/mol. The number of benzene rings is 1. The molecule has 1 saturated carbocycles. The molecular formula is C24H29N3O4S. The Morgan fingerprint density at radius 3 is 2.25 bits per heavy atom. The average Bonchev–Trinajstić information content (AvgIpc) is 3.30. The molecule has 2 aliphatic rings. The SMILES string of the molecule is COc1ccc(C(=O)NC2CCCCC2NC(=O)c2ccc(N3CCCCC3=O)cc2)s1. The van der Waals surface area contributed by atoms with E-state index in [1.807, 2.05) is 12.1 Å². The molecule has 8 heteroatoms. The van der Waals surface area contributed by atoms with Crippen LogP contribution in [0.3, 0.4) is 0 Å². The van der Waals surface area contributed by atoms with Gasteiger partial charge < -0.3 is 20.3 Å². The van der Waals surface area contributed by atoms with Gasteiger partial charge in [0.1, 0.15) is 0 Å². The van der Waals surface area contributed by atoms with Crippen LogP contribution in [0.5, 0.6) is 5.06 Å². The van der Waals surface area contributed by atoms with E-state index in [0.29, 0.717) is 21.9 Å². The minimum atomic E-state index is -0.162. The van der Waals surface area contributed by atoms with Gasteiger partial charge in [-0.2, -0.15) is 0 Å². The lowest BCUT2D eigenvalue weighted by molar-refractivity contribution is -0.119. The fourth-order valence-corrected chi connectivity index (χ4v) is 5.12. The Morgan fingerprint density at radius 1 is 0.938 bits per heavy atom. The number of ether oxygens (including phenoxy) is 1. The van der Waals surface area contributed by atoms with Crippen molar-refractivity contribution in [3.8, 4) is 5.06 Å². The number of anilines is 1. The van der Waals surface area contributed by atoms with Gasteiger partial charge in [0.25, 0.3) is 11.8 Å². The normalized spacial score (nSPS) is 21.2. The Kier molecular flexibility index (Phi) is 7.09. The lowest BCUT2D eigenvalue weighted by atomic mass is 9.90. The van der Waals surface area contributed by atoms with Crippen molar-refractivity contribution in [3.05, 3.63) is 46.8 Å². The third kappa shape index (κ3) is 5.12. The molecule has 1 aromatic heterocycles. The number of carbonyl (C=O) groups is 3. The number of hydrogen-bond donors (Lipinski definition) is 2. The molecule has 2 unspecified atom stereocenters. The van der Waals surface area contributed by atoms with Gasteiger partial charge in [-0.15, -0.1) is 0 Å². The maximum Gasteiger partial charge on any atom is 0.261 e. The second-order valence-corrected chi connectivity index (χ2v) is 9.36. The zero-order valence-corrected chi connectivity index (χ0v) is 19.1. The summed E-state index contributed by atoms with van der Waals surface area (Å²) in [5.74, 6) is -0.164. The van der Waals surface area contributed by atoms with Gasteiger partial charge in [-0.05, 0) is 62.1 Å². The Bertz CT molecular complexity index is 972. The molecule has 1 aliphatic heterocycles. The van der Waals surface area contributed by atoms with Crippen LogP contribution in [0.4, 0.5) is 5.69 Å². The molecule has 2 fully saturated rings. The van der Waals surface area contributed by atoms with Crippen LogP contribution in [0.15, 0.2) is 36.4 Å². The largest absolute Gasteiger partial charge is 0.487 e. The second kappa shape index (κ2) is 10.2. The first-order valence-corrected chi connectivity index (χ1v) is 12.0. The maximum absolute atomic E-state index is 12.9. The molecule has 1 aliphatic carbocycles. The zero-order chi connectivity index (χ0) is 22.5. The first-order chi connectivity index (χ1) is 15.5. The number of carbonyl (C=O) groups excluding carboxylic acids is 3. The molecule has 32 heavy (non-hydrogen) atoms. The van der Waals surface area contributed by atoms with Crippen molar-refractivity contribution in [1.82, 2.24) is 10.6 Å². The van der Waals surface area contributed by atoms with E-state index < -0.39 is 0 Å². The van der Waals surface area contributed by atoms with E-state index in [1.165, 1.54) is 11.3 Å². The number of hydrogen-bond acceptors (Lipinski definition) is 5. The summed E-state index contributed by atoms with van der Waals surface area (Å²) in [5, 5.41) is 6.90. The molecule has 1 aromatic carbocycles. The minimum absolute atomic E-state index is 0.112. The Labute approximate surface area is 192 Å². The third-order valence-corrected chi connectivity index (χ3v) is 7.22. The van der Waals surface area contributed by atoms with E-state index in [9.17, 15) is 14.4 Å². The van der Waals surface area contributed by atoms with E-state index in [2.05, 4.69) is 10.6 Å². The third-order valence-electron chi connectivity index (χ3n) is 6.17. The van der Waals surface area contributed by atoms with Crippen LogP contribution in [-0.2, 0) is 4.79 Å². The summed E-state index contributed by atoms with van der Waals surface area (Å²) in [6.07, 6.45) is 6.20. The van der Waals surface area contributed by atoms with Gasteiger partial charge >= 0.3 is 0 Å². The number of nitrogens with zero attached hydrogens (tertiary/aromatic N) is 1. The monoisotopic (exact) mass is 455 g/mol. The van der Waals surface area contributed by atoms with E-state index in [0.717, 1.165) is 50.8 Å². The van der Waals surface area contributed by atoms with Crippen LogP contribution in [0, 0.1) is 0 Å². The predicted octanol–water partition coefficient (Wildman–Crippen LogP) is 3.74. The van der Waals surface area contributed by atoms with Crippen molar-refractivity contribution in [2.24, 2.45) is 0 Å². The molecule has 4 rings (SSSR count). The van der Waals surface area contributed by atoms with Crippen LogP contribution in [0.1, 0.15) is 65.0 Å². The molecule has 0 bridgehead atoms. The summed E-state index contributed by atoms with van der Waals surface area (Å²) < 4.78 is 5.17. The fourth-order valence-electron chi connectivity index (χ4n) is 4.39. The second-order valence-electron chi connectivity index (χ2n) is 8.32. The Hall–Kier alpha value is -2.87. The number of methoxy groups -OCH3 is 1. The van der Waals surface area contributed by atoms with Crippen LogP contribution in [0.2, 0.25) is 0 Å². The Balaban J connectivity index is 1.38. The molecule has 0 spiro atoms. The predicted molar refractivity (Wildman–Crippen MR) is 124 cm³/mol. The number of nitrogens with one attached hydrogen (secondary N) is 2. The van der Waals surface area contributed by atoms with Crippen molar-refractivity contribution >= 4 is 34.7 Å². The van der Waals surface area contributed by atoms with Crippen LogP contribution in [0.25, 0.3) is 0 Å². The highest BCUT2D eigenvalue weighted by Crippen LogP contribution is 2.26. The van der Waals surface area contributed by atoms with Crippen LogP contribution < -0.4 is 20.3 Å².